The smallest absolute Gasteiger partial charge is 0.446 e. The molecule has 0 aliphatic heterocycles. The number of phenolic OH excluding ortho intramolecular Hbond substituents is 1. The van der Waals surface area contributed by atoms with Crippen LogP contribution in [0.15, 0.2) is 29.4 Å². The molecule has 0 aliphatic carbocycles. The van der Waals surface area contributed by atoms with Crippen LogP contribution in [0, 0.1) is 4.91 Å². The number of nitrogens with zero attached hydrogens (tertiary/aromatic N) is 1. The average Bonchev–Trinajstić information content (AvgIpc) is 2.36. The molecule has 0 aliphatic rings. The number of fused-ring (bicyclic) bond motifs is 1. The van der Waals surface area contributed by atoms with E-state index in [0.29, 0.717) is 0 Å². The maximum atomic E-state index is 10.8. The Morgan fingerprint density at radius 1 is 0.957 bits per heavy atom. The highest BCUT2D eigenvalue weighted by Crippen LogP contribution is 2.44. The highest BCUT2D eigenvalue weighted by Gasteiger charge is 2.20. The summed E-state index contributed by atoms with van der Waals surface area (Å²) in [5.74, 6) is -2.15. The number of rotatable bonds is 5. The van der Waals surface area contributed by atoms with Crippen LogP contribution in [-0.2, 0) is 20.8 Å². The van der Waals surface area contributed by atoms with Gasteiger partial charge in [-0.2, -0.15) is 16.8 Å². The predicted molar refractivity (Wildman–Crippen MR) is 75.4 cm³/mol. The van der Waals surface area contributed by atoms with Gasteiger partial charge in [0.1, 0.15) is 5.75 Å². The van der Waals surface area contributed by atoms with Crippen molar-refractivity contribution in [1.82, 2.24) is 0 Å². The summed E-state index contributed by atoms with van der Waals surface area (Å²) in [7, 11) is -9.81. The molecule has 0 spiro atoms. The van der Waals surface area contributed by atoms with Crippen LogP contribution in [0.25, 0.3) is 10.8 Å². The zero-order valence-electron chi connectivity index (χ0n) is 10.8. The van der Waals surface area contributed by atoms with Crippen molar-refractivity contribution in [3.63, 3.8) is 0 Å². The normalized spacial score (nSPS) is 12.1. The number of benzene rings is 2. The third kappa shape index (κ3) is 4.04. The van der Waals surface area contributed by atoms with Crippen molar-refractivity contribution in [1.29, 1.82) is 0 Å². The summed E-state index contributed by atoms with van der Waals surface area (Å²) >= 11 is 0. The summed E-state index contributed by atoms with van der Waals surface area (Å²) < 4.78 is 68.3. The topological polar surface area (TPSA) is 177 Å². The van der Waals surface area contributed by atoms with E-state index in [-0.39, 0.29) is 16.5 Å². The molecular formula is C10H7NO10S2. The lowest BCUT2D eigenvalue weighted by molar-refractivity contribution is 0.372. The van der Waals surface area contributed by atoms with E-state index in [1.165, 1.54) is 0 Å². The SMILES string of the molecule is O=Nc1c(O)c(OS(=O)(=O)O)cc2cc(OS(=O)(=O)O)ccc12. The quantitative estimate of drug-likeness (QED) is 0.517. The van der Waals surface area contributed by atoms with Crippen molar-refractivity contribution >= 4 is 37.3 Å². The van der Waals surface area contributed by atoms with E-state index in [9.17, 15) is 26.8 Å². The Bertz CT molecular complexity index is 996. The van der Waals surface area contributed by atoms with E-state index < -0.39 is 38.0 Å². The molecule has 0 amide bonds. The second-order valence-corrected chi connectivity index (χ2v) is 6.11. The van der Waals surface area contributed by atoms with Crippen LogP contribution in [0.1, 0.15) is 0 Å². The van der Waals surface area contributed by atoms with Crippen LogP contribution >= 0.6 is 0 Å². The van der Waals surface area contributed by atoms with Gasteiger partial charge in [0, 0.05) is 5.39 Å². The zero-order chi connectivity index (χ0) is 17.4. The van der Waals surface area contributed by atoms with Gasteiger partial charge in [-0.15, -0.1) is 4.91 Å². The molecule has 11 nitrogen and oxygen atoms in total. The summed E-state index contributed by atoms with van der Waals surface area (Å²) in [6, 6.07) is 4.05. The Balaban J connectivity index is 2.70. The number of nitroso groups, excluding NO2 is 1. The monoisotopic (exact) mass is 365 g/mol. The summed E-state index contributed by atoms with van der Waals surface area (Å²) in [5, 5.41) is 12.2. The van der Waals surface area contributed by atoms with Gasteiger partial charge in [0.25, 0.3) is 0 Å². The summed E-state index contributed by atoms with van der Waals surface area (Å²) in [6.45, 7) is 0. The van der Waals surface area contributed by atoms with Gasteiger partial charge >= 0.3 is 20.8 Å². The first-order chi connectivity index (χ1) is 10.5. The highest BCUT2D eigenvalue weighted by atomic mass is 32.3. The number of aromatic hydroxyl groups is 1. The summed E-state index contributed by atoms with van der Waals surface area (Å²) in [5.41, 5.74) is -0.612. The molecule has 0 heterocycles. The molecule has 0 atom stereocenters. The minimum atomic E-state index is -5.00. The molecule has 2 rings (SSSR count). The first-order valence-corrected chi connectivity index (χ1v) is 8.20. The van der Waals surface area contributed by atoms with Crippen molar-refractivity contribution in [2.24, 2.45) is 5.18 Å². The maximum Gasteiger partial charge on any atom is 0.446 e. The standard InChI is InChI=1S/C10H7NO10S2/c12-10-8(21-23(17,18)19)4-5-3-6(20-22(14,15)16)1-2-7(5)9(10)11-13/h1-4,12H,(H,14,15,16)(H,17,18,19). The van der Waals surface area contributed by atoms with Crippen molar-refractivity contribution in [2.45, 2.75) is 0 Å². The van der Waals surface area contributed by atoms with Gasteiger partial charge in [0.05, 0.1) is 0 Å². The van der Waals surface area contributed by atoms with E-state index in [2.05, 4.69) is 13.5 Å². The second-order valence-electron chi connectivity index (χ2n) is 4.07. The van der Waals surface area contributed by atoms with Gasteiger partial charge in [0.15, 0.2) is 17.2 Å². The zero-order valence-corrected chi connectivity index (χ0v) is 12.4. The lowest BCUT2D eigenvalue weighted by Crippen LogP contribution is -2.07. The van der Waals surface area contributed by atoms with Crippen LogP contribution in [-0.4, -0.2) is 31.0 Å². The first kappa shape index (κ1) is 16.9. The molecule has 23 heavy (non-hydrogen) atoms. The van der Waals surface area contributed by atoms with Gasteiger partial charge < -0.3 is 13.5 Å². The van der Waals surface area contributed by atoms with Crippen LogP contribution in [0.4, 0.5) is 5.69 Å². The molecule has 2 aromatic carbocycles. The van der Waals surface area contributed by atoms with Crippen molar-refractivity contribution < 1.29 is 39.4 Å². The molecule has 124 valence electrons. The van der Waals surface area contributed by atoms with Gasteiger partial charge in [-0.05, 0) is 34.8 Å². The van der Waals surface area contributed by atoms with E-state index in [4.69, 9.17) is 9.11 Å². The van der Waals surface area contributed by atoms with Crippen LogP contribution in [0.3, 0.4) is 0 Å². The fourth-order valence-electron chi connectivity index (χ4n) is 1.77. The number of hydrogen-bond acceptors (Lipinski definition) is 9. The average molecular weight is 365 g/mol. The number of hydrogen-bond donors (Lipinski definition) is 3. The molecule has 0 saturated carbocycles. The lowest BCUT2D eigenvalue weighted by atomic mass is 10.1. The van der Waals surface area contributed by atoms with E-state index in [1.807, 2.05) is 0 Å². The van der Waals surface area contributed by atoms with Crippen molar-refractivity contribution in [3.8, 4) is 17.2 Å². The molecule has 3 N–H and O–H groups in total. The van der Waals surface area contributed by atoms with Gasteiger partial charge in [-0.3, -0.25) is 9.11 Å². The fraction of sp³-hybridized carbons (Fsp3) is 0. The molecule has 0 radical (unpaired) electrons. The van der Waals surface area contributed by atoms with Gasteiger partial charge in [-0.1, -0.05) is 0 Å². The Hall–Kier alpha value is -2.48. The molecule has 0 bridgehead atoms. The molecule has 0 unspecified atom stereocenters. The fourth-order valence-corrected chi connectivity index (χ4v) is 2.47. The molecular weight excluding hydrogens is 358 g/mol. The second kappa shape index (κ2) is 5.62. The lowest BCUT2D eigenvalue weighted by Gasteiger charge is -2.09. The van der Waals surface area contributed by atoms with Crippen molar-refractivity contribution in [3.05, 3.63) is 29.2 Å². The molecule has 0 aromatic heterocycles. The Labute approximate surface area is 129 Å². The third-order valence-electron chi connectivity index (χ3n) is 2.51. The predicted octanol–water partition coefficient (Wildman–Crippen LogP) is 1.31. The molecule has 2 aromatic rings. The van der Waals surface area contributed by atoms with Gasteiger partial charge in [0.2, 0.25) is 0 Å². The molecule has 13 heteroatoms. The summed E-state index contributed by atoms with van der Waals surface area (Å²) in [4.78, 5) is 10.8. The van der Waals surface area contributed by atoms with E-state index >= 15 is 0 Å². The van der Waals surface area contributed by atoms with E-state index in [1.54, 1.807) is 0 Å². The molecule has 0 fully saturated rings. The number of phenols is 1. The minimum Gasteiger partial charge on any atom is -0.503 e. The van der Waals surface area contributed by atoms with Crippen molar-refractivity contribution in [2.75, 3.05) is 0 Å². The minimum absolute atomic E-state index is 0.00266. The largest absolute Gasteiger partial charge is 0.503 e. The third-order valence-corrected chi connectivity index (χ3v) is 3.30. The van der Waals surface area contributed by atoms with Crippen LogP contribution in [0.2, 0.25) is 0 Å². The van der Waals surface area contributed by atoms with E-state index in [0.717, 1.165) is 24.3 Å². The summed E-state index contributed by atoms with van der Waals surface area (Å²) in [6.07, 6.45) is 0. The highest BCUT2D eigenvalue weighted by molar-refractivity contribution is 7.81. The van der Waals surface area contributed by atoms with Crippen LogP contribution < -0.4 is 8.37 Å². The molecule has 0 saturated heterocycles. The van der Waals surface area contributed by atoms with Crippen LogP contribution in [0.5, 0.6) is 17.2 Å². The first-order valence-electron chi connectivity index (χ1n) is 5.47. The Morgan fingerprint density at radius 3 is 2.09 bits per heavy atom. The van der Waals surface area contributed by atoms with Gasteiger partial charge in [-0.25, -0.2) is 0 Å². The maximum absolute atomic E-state index is 10.8. The Kier molecular flexibility index (Phi) is 4.12. The Morgan fingerprint density at radius 2 is 1.57 bits per heavy atom.